The number of aldehydes is 1. The number of nitrogens with zero attached hydrogens (tertiary/aromatic N) is 3. The van der Waals surface area contributed by atoms with Crippen LogP contribution in [-0.4, -0.2) is 15.8 Å². The van der Waals surface area contributed by atoms with Crippen molar-refractivity contribution in [2.75, 3.05) is 0 Å². The van der Waals surface area contributed by atoms with Crippen molar-refractivity contribution in [2.24, 2.45) is 7.05 Å². The molecule has 154 valence electrons. The Morgan fingerprint density at radius 1 is 1.23 bits per heavy atom. The number of carbonyl (C=O) groups is 1. The van der Waals surface area contributed by atoms with E-state index in [0.29, 0.717) is 22.1 Å². The van der Waals surface area contributed by atoms with Crippen molar-refractivity contribution in [3.63, 3.8) is 0 Å². The molecule has 4 aromatic rings. The van der Waals surface area contributed by atoms with Crippen LogP contribution >= 0.6 is 22.9 Å². The monoisotopic (exact) mass is 447 g/mol. The summed E-state index contributed by atoms with van der Waals surface area (Å²) < 4.78 is 8.31. The minimum atomic E-state index is -0.363. The lowest BCUT2D eigenvalue weighted by atomic mass is 10.0. The Hall–Kier alpha value is -3.24. The van der Waals surface area contributed by atoms with E-state index in [-0.39, 0.29) is 6.10 Å². The van der Waals surface area contributed by atoms with E-state index < -0.39 is 0 Å². The number of carbonyl (C=O) groups excluding carboxylic acids is 1. The summed E-state index contributed by atoms with van der Waals surface area (Å²) in [5.74, 6) is 0. The van der Waals surface area contributed by atoms with E-state index in [0.717, 1.165) is 33.5 Å². The van der Waals surface area contributed by atoms with Crippen LogP contribution in [0.2, 0.25) is 5.02 Å². The Balaban J connectivity index is 1.67. The normalized spacial score (nSPS) is 11.8. The third-order valence-corrected chi connectivity index (χ3v) is 6.23. The molecule has 0 amide bonds. The van der Waals surface area contributed by atoms with E-state index in [1.165, 1.54) is 11.3 Å². The number of aryl methyl sites for hydroxylation is 1. The quantitative estimate of drug-likeness (QED) is 0.336. The molecule has 2 aromatic heterocycles. The minimum Gasteiger partial charge on any atom is -0.362 e. The van der Waals surface area contributed by atoms with Crippen molar-refractivity contribution >= 4 is 29.2 Å². The van der Waals surface area contributed by atoms with Gasteiger partial charge >= 0.3 is 0 Å². The standard InChI is InChI=1S/C24H18ClN3O2S/c1-28-15-27-12-22(28)24(17-4-2-16(11-26)3-5-17)30-14-18-6-7-19(25)10-21(18)23-9-8-20(13-29)31-23/h2-10,12-13,15,24H,14H2,1H3. The summed E-state index contributed by atoms with van der Waals surface area (Å²) in [4.78, 5) is 17.0. The van der Waals surface area contributed by atoms with E-state index >= 15 is 0 Å². The highest BCUT2D eigenvalue weighted by molar-refractivity contribution is 7.17. The first kappa shape index (κ1) is 21.0. The second-order valence-electron chi connectivity index (χ2n) is 6.98. The Morgan fingerprint density at radius 3 is 2.68 bits per heavy atom. The van der Waals surface area contributed by atoms with Gasteiger partial charge in [0.25, 0.3) is 0 Å². The fourth-order valence-corrected chi connectivity index (χ4v) is 4.39. The van der Waals surface area contributed by atoms with E-state index in [4.69, 9.17) is 21.6 Å². The molecule has 7 heteroatoms. The maximum absolute atomic E-state index is 11.1. The van der Waals surface area contributed by atoms with Gasteiger partial charge in [0.15, 0.2) is 6.29 Å². The topological polar surface area (TPSA) is 67.9 Å². The van der Waals surface area contributed by atoms with Gasteiger partial charge < -0.3 is 9.30 Å². The molecule has 5 nitrogen and oxygen atoms in total. The van der Waals surface area contributed by atoms with Crippen molar-refractivity contribution in [3.05, 3.63) is 99.4 Å². The van der Waals surface area contributed by atoms with Crippen LogP contribution in [0.4, 0.5) is 0 Å². The number of thiophene rings is 1. The highest BCUT2D eigenvalue weighted by Crippen LogP contribution is 2.34. The molecule has 0 radical (unpaired) electrons. The van der Waals surface area contributed by atoms with Crippen LogP contribution in [0.5, 0.6) is 0 Å². The molecule has 2 aromatic carbocycles. The molecule has 0 saturated heterocycles. The first-order valence-electron chi connectivity index (χ1n) is 9.50. The smallest absolute Gasteiger partial charge is 0.160 e. The van der Waals surface area contributed by atoms with E-state index in [1.54, 1.807) is 30.7 Å². The van der Waals surface area contributed by atoms with Crippen LogP contribution in [0.25, 0.3) is 10.4 Å². The molecule has 0 N–H and O–H groups in total. The zero-order valence-electron chi connectivity index (χ0n) is 16.7. The minimum absolute atomic E-state index is 0.330. The highest BCUT2D eigenvalue weighted by Gasteiger charge is 2.20. The van der Waals surface area contributed by atoms with Crippen molar-refractivity contribution in [2.45, 2.75) is 12.7 Å². The molecule has 0 aliphatic carbocycles. The number of aromatic nitrogens is 2. The molecular weight excluding hydrogens is 430 g/mol. The van der Waals surface area contributed by atoms with Crippen LogP contribution in [-0.2, 0) is 18.4 Å². The summed E-state index contributed by atoms with van der Waals surface area (Å²) in [5, 5.41) is 9.72. The van der Waals surface area contributed by atoms with Crippen molar-refractivity contribution in [1.82, 2.24) is 9.55 Å². The van der Waals surface area contributed by atoms with Gasteiger partial charge in [0.2, 0.25) is 0 Å². The summed E-state index contributed by atoms with van der Waals surface area (Å²) in [6.07, 6.45) is 3.99. The Bertz CT molecular complexity index is 1250. The fourth-order valence-electron chi connectivity index (χ4n) is 3.34. The molecule has 0 aliphatic heterocycles. The Labute approximate surface area is 189 Å². The van der Waals surface area contributed by atoms with Crippen molar-refractivity contribution < 1.29 is 9.53 Å². The number of ether oxygens (including phenoxy) is 1. The third kappa shape index (κ3) is 4.59. The van der Waals surface area contributed by atoms with E-state index in [2.05, 4.69) is 11.1 Å². The number of nitriles is 1. The lowest BCUT2D eigenvalue weighted by Crippen LogP contribution is -2.11. The van der Waals surface area contributed by atoms with E-state index in [9.17, 15) is 4.79 Å². The van der Waals surface area contributed by atoms with Crippen molar-refractivity contribution in [3.8, 4) is 16.5 Å². The molecule has 4 rings (SSSR count). The van der Waals surface area contributed by atoms with Gasteiger partial charge in [-0.2, -0.15) is 5.26 Å². The third-order valence-electron chi connectivity index (χ3n) is 4.95. The first-order valence-corrected chi connectivity index (χ1v) is 10.7. The summed E-state index contributed by atoms with van der Waals surface area (Å²) in [7, 11) is 1.92. The number of rotatable bonds is 7. The lowest BCUT2D eigenvalue weighted by Gasteiger charge is -2.20. The molecule has 0 bridgehead atoms. The van der Waals surface area contributed by atoms with Gasteiger partial charge in [-0.15, -0.1) is 11.3 Å². The number of halogens is 1. The maximum Gasteiger partial charge on any atom is 0.160 e. The van der Waals surface area contributed by atoms with Crippen LogP contribution in [0.3, 0.4) is 0 Å². The van der Waals surface area contributed by atoms with Gasteiger partial charge in [0, 0.05) is 16.9 Å². The summed E-state index contributed by atoms with van der Waals surface area (Å²) in [6.45, 7) is 0.330. The molecule has 0 spiro atoms. The molecule has 1 atom stereocenters. The maximum atomic E-state index is 11.1. The zero-order valence-corrected chi connectivity index (χ0v) is 18.2. The number of hydrogen-bond donors (Lipinski definition) is 0. The van der Waals surface area contributed by atoms with Gasteiger partial charge in [-0.1, -0.05) is 29.8 Å². The first-order chi connectivity index (χ1) is 15.1. The molecule has 0 fully saturated rings. The van der Waals surface area contributed by atoms with Crippen LogP contribution < -0.4 is 0 Å². The number of benzene rings is 2. The molecular formula is C24H18ClN3O2S. The Kier molecular flexibility index (Phi) is 6.28. The van der Waals surface area contributed by atoms with Crippen LogP contribution in [0.1, 0.15) is 38.2 Å². The lowest BCUT2D eigenvalue weighted by molar-refractivity contribution is 0.0625. The van der Waals surface area contributed by atoms with E-state index in [1.807, 2.05) is 48.0 Å². The summed E-state index contributed by atoms with van der Waals surface area (Å²) in [6, 6.07) is 18.9. The molecule has 0 aliphatic rings. The number of hydrogen-bond acceptors (Lipinski definition) is 5. The second-order valence-corrected chi connectivity index (χ2v) is 8.53. The van der Waals surface area contributed by atoms with Crippen LogP contribution in [0.15, 0.2) is 67.1 Å². The SMILES string of the molecule is Cn1cncc1C(OCc1ccc(Cl)cc1-c1ccc(C=O)s1)c1ccc(C#N)cc1. The second kappa shape index (κ2) is 9.27. The predicted molar refractivity (Wildman–Crippen MR) is 121 cm³/mol. The fraction of sp³-hybridized carbons (Fsp3) is 0.125. The average Bonchev–Trinajstić information content (AvgIpc) is 3.44. The average molecular weight is 448 g/mol. The predicted octanol–water partition coefficient (Wildman–Crippen LogP) is 5.79. The van der Waals surface area contributed by atoms with Crippen molar-refractivity contribution in [1.29, 1.82) is 5.26 Å². The molecule has 31 heavy (non-hydrogen) atoms. The van der Waals surface area contributed by atoms with Gasteiger partial charge in [0.1, 0.15) is 6.10 Å². The summed E-state index contributed by atoms with van der Waals surface area (Å²) in [5.41, 5.74) is 4.33. The highest BCUT2D eigenvalue weighted by atomic mass is 35.5. The number of imidazole rings is 1. The largest absolute Gasteiger partial charge is 0.362 e. The van der Waals surface area contributed by atoms with Gasteiger partial charge in [-0.25, -0.2) is 4.98 Å². The van der Waals surface area contributed by atoms with Gasteiger partial charge in [0.05, 0.1) is 41.3 Å². The van der Waals surface area contributed by atoms with Crippen LogP contribution in [0, 0.1) is 11.3 Å². The molecule has 2 heterocycles. The Morgan fingerprint density at radius 2 is 2.03 bits per heavy atom. The summed E-state index contributed by atoms with van der Waals surface area (Å²) >= 11 is 7.67. The van der Waals surface area contributed by atoms with Gasteiger partial charge in [-0.05, 0) is 53.1 Å². The zero-order chi connectivity index (χ0) is 21.8. The van der Waals surface area contributed by atoms with Gasteiger partial charge in [-0.3, -0.25) is 4.79 Å². The molecule has 1 unspecified atom stereocenters. The molecule has 0 saturated carbocycles.